The summed E-state index contributed by atoms with van der Waals surface area (Å²) in [5, 5.41) is 5.26. The van der Waals surface area contributed by atoms with Crippen LogP contribution in [0.5, 0.6) is 0 Å². The molecule has 4 aromatic rings. The summed E-state index contributed by atoms with van der Waals surface area (Å²) < 4.78 is 3.37. The topological polar surface area (TPSA) is 65.1 Å². The Labute approximate surface area is 156 Å². The van der Waals surface area contributed by atoms with Gasteiger partial charge >= 0.3 is 0 Å². The quantitative estimate of drug-likeness (QED) is 0.546. The molecule has 0 N–H and O–H groups in total. The minimum absolute atomic E-state index is 0.0968. The maximum Gasteiger partial charge on any atom is 0.266 e. The van der Waals surface area contributed by atoms with E-state index in [1.165, 1.54) is 19.3 Å². The van der Waals surface area contributed by atoms with E-state index < -0.39 is 0 Å². The zero-order chi connectivity index (χ0) is 18.4. The summed E-state index contributed by atoms with van der Waals surface area (Å²) in [5.41, 5.74) is 2.66. The molecular weight excluding hydrogens is 338 g/mol. The summed E-state index contributed by atoms with van der Waals surface area (Å²) in [6.45, 7) is 2.03. The second-order valence-electron chi connectivity index (χ2n) is 7.40. The van der Waals surface area contributed by atoms with E-state index in [4.69, 9.17) is 5.10 Å². The molecule has 1 aliphatic rings. The summed E-state index contributed by atoms with van der Waals surface area (Å²) in [4.78, 5) is 22.1. The Hall–Kier alpha value is -3.02. The van der Waals surface area contributed by atoms with Crippen LogP contribution in [0.4, 0.5) is 0 Å². The van der Waals surface area contributed by atoms with E-state index in [1.807, 2.05) is 37.3 Å². The van der Waals surface area contributed by atoms with E-state index in [2.05, 4.69) is 9.97 Å². The average Bonchev–Trinajstić information content (AvgIpc) is 3.15. The van der Waals surface area contributed by atoms with E-state index in [0.717, 1.165) is 35.4 Å². The van der Waals surface area contributed by atoms with Crippen molar-refractivity contribution in [3.63, 3.8) is 0 Å². The Bertz CT molecular complexity index is 1180. The fourth-order valence-corrected chi connectivity index (χ4v) is 3.98. The van der Waals surface area contributed by atoms with Crippen LogP contribution in [0.3, 0.4) is 0 Å². The summed E-state index contributed by atoms with van der Waals surface area (Å²) in [6, 6.07) is 9.82. The first-order chi connectivity index (χ1) is 13.2. The van der Waals surface area contributed by atoms with Crippen molar-refractivity contribution in [2.24, 2.45) is 0 Å². The summed E-state index contributed by atoms with van der Waals surface area (Å²) in [7, 11) is 0. The summed E-state index contributed by atoms with van der Waals surface area (Å²) in [6.07, 6.45) is 9.45. The maximum absolute atomic E-state index is 13.0. The molecule has 1 saturated carbocycles. The molecule has 3 heterocycles. The first kappa shape index (κ1) is 16.2. The Morgan fingerprint density at radius 1 is 1.04 bits per heavy atom. The highest BCUT2D eigenvalue weighted by Crippen LogP contribution is 2.31. The predicted octanol–water partition coefficient (Wildman–Crippen LogP) is 3.78. The molecular formula is C21H21N5O. The lowest BCUT2D eigenvalue weighted by molar-refractivity contribution is 0.429. The maximum atomic E-state index is 13.0. The molecule has 3 aromatic heterocycles. The molecule has 5 rings (SSSR count). The van der Waals surface area contributed by atoms with Crippen LogP contribution in [0.25, 0.3) is 22.4 Å². The van der Waals surface area contributed by atoms with Crippen molar-refractivity contribution in [1.82, 2.24) is 24.1 Å². The lowest BCUT2D eigenvalue weighted by Crippen LogP contribution is -2.18. The van der Waals surface area contributed by atoms with Crippen molar-refractivity contribution in [3.8, 4) is 5.69 Å². The smallest absolute Gasteiger partial charge is 0.266 e. The number of aryl methyl sites for hydroxylation is 1. The molecule has 0 bridgehead atoms. The van der Waals surface area contributed by atoms with Gasteiger partial charge in [0.25, 0.3) is 11.3 Å². The van der Waals surface area contributed by atoms with Crippen LogP contribution < -0.4 is 5.56 Å². The Balaban J connectivity index is 1.65. The predicted molar refractivity (Wildman–Crippen MR) is 104 cm³/mol. The zero-order valence-corrected chi connectivity index (χ0v) is 15.3. The van der Waals surface area contributed by atoms with Gasteiger partial charge in [0.15, 0.2) is 5.82 Å². The Morgan fingerprint density at radius 3 is 2.59 bits per heavy atom. The van der Waals surface area contributed by atoms with Crippen LogP contribution in [-0.2, 0) is 0 Å². The van der Waals surface area contributed by atoms with Gasteiger partial charge in [-0.15, -0.1) is 5.10 Å². The highest BCUT2D eigenvalue weighted by molar-refractivity contribution is 5.79. The summed E-state index contributed by atoms with van der Waals surface area (Å²) in [5.74, 6) is 1.83. The minimum atomic E-state index is -0.0968. The molecule has 136 valence electrons. The van der Waals surface area contributed by atoms with Crippen molar-refractivity contribution in [1.29, 1.82) is 0 Å². The number of rotatable bonds is 2. The lowest BCUT2D eigenvalue weighted by Gasteiger charge is -2.17. The van der Waals surface area contributed by atoms with Gasteiger partial charge < -0.3 is 0 Å². The van der Waals surface area contributed by atoms with E-state index in [0.29, 0.717) is 17.1 Å². The number of hydrogen-bond acceptors (Lipinski definition) is 4. The van der Waals surface area contributed by atoms with Gasteiger partial charge in [0.1, 0.15) is 0 Å². The minimum Gasteiger partial charge on any atom is -0.284 e. The molecule has 0 atom stereocenters. The fourth-order valence-electron chi connectivity index (χ4n) is 3.98. The molecule has 0 spiro atoms. The SMILES string of the molecule is Cc1ccc(-n2ccc3c(cnc4nc(C5CCCCC5)nn43)c2=O)cc1. The standard InChI is InChI=1S/C21H21N5O/c1-14-7-9-16(10-8-14)25-12-11-18-17(20(25)27)13-22-21-23-19(24-26(18)21)15-5-3-2-4-6-15/h7-13,15H,2-6H2,1H3. The van der Waals surface area contributed by atoms with Crippen LogP contribution >= 0.6 is 0 Å². The highest BCUT2D eigenvalue weighted by Gasteiger charge is 2.21. The Kier molecular flexibility index (Phi) is 3.77. The molecule has 6 heteroatoms. The number of fused-ring (bicyclic) bond motifs is 3. The Morgan fingerprint density at radius 2 is 1.81 bits per heavy atom. The van der Waals surface area contributed by atoms with Crippen molar-refractivity contribution in [2.45, 2.75) is 44.9 Å². The molecule has 1 fully saturated rings. The van der Waals surface area contributed by atoms with Crippen LogP contribution in [0.15, 0.2) is 47.5 Å². The first-order valence-electron chi connectivity index (χ1n) is 9.55. The van der Waals surface area contributed by atoms with Crippen molar-refractivity contribution >= 4 is 16.7 Å². The number of pyridine rings is 1. The van der Waals surface area contributed by atoms with E-state index in [1.54, 1.807) is 21.5 Å². The monoisotopic (exact) mass is 359 g/mol. The molecule has 0 radical (unpaired) electrons. The van der Waals surface area contributed by atoms with Gasteiger partial charge in [-0.25, -0.2) is 4.98 Å². The lowest BCUT2D eigenvalue weighted by atomic mass is 9.89. The normalized spacial score (nSPS) is 15.6. The first-order valence-corrected chi connectivity index (χ1v) is 9.55. The molecule has 0 aliphatic heterocycles. The molecule has 0 amide bonds. The van der Waals surface area contributed by atoms with Crippen LogP contribution in [0.1, 0.15) is 49.4 Å². The number of hydrogen-bond donors (Lipinski definition) is 0. The molecule has 27 heavy (non-hydrogen) atoms. The largest absolute Gasteiger partial charge is 0.284 e. The van der Waals surface area contributed by atoms with E-state index in [-0.39, 0.29) is 5.56 Å². The average molecular weight is 359 g/mol. The van der Waals surface area contributed by atoms with E-state index >= 15 is 0 Å². The molecule has 1 aromatic carbocycles. The van der Waals surface area contributed by atoms with Crippen molar-refractivity contribution in [2.75, 3.05) is 0 Å². The fraction of sp³-hybridized carbons (Fsp3) is 0.333. The molecule has 0 unspecified atom stereocenters. The molecule has 1 aliphatic carbocycles. The van der Waals surface area contributed by atoms with Gasteiger partial charge in [-0.2, -0.15) is 9.50 Å². The van der Waals surface area contributed by atoms with Crippen LogP contribution in [0, 0.1) is 6.92 Å². The van der Waals surface area contributed by atoms with Gasteiger partial charge in [-0.3, -0.25) is 9.36 Å². The summed E-state index contributed by atoms with van der Waals surface area (Å²) >= 11 is 0. The van der Waals surface area contributed by atoms with E-state index in [9.17, 15) is 4.79 Å². The number of aromatic nitrogens is 5. The number of benzene rings is 1. The molecule has 6 nitrogen and oxygen atoms in total. The van der Waals surface area contributed by atoms with Crippen molar-refractivity contribution in [3.05, 3.63) is 64.5 Å². The molecule has 0 saturated heterocycles. The van der Waals surface area contributed by atoms with Gasteiger partial charge in [-0.05, 0) is 38.0 Å². The third kappa shape index (κ3) is 2.72. The van der Waals surface area contributed by atoms with Crippen molar-refractivity contribution < 1.29 is 0 Å². The van der Waals surface area contributed by atoms with Crippen LogP contribution in [0.2, 0.25) is 0 Å². The van der Waals surface area contributed by atoms with Gasteiger partial charge in [0.2, 0.25) is 0 Å². The zero-order valence-electron chi connectivity index (χ0n) is 15.3. The van der Waals surface area contributed by atoms with Gasteiger partial charge in [0.05, 0.1) is 10.9 Å². The second kappa shape index (κ2) is 6.30. The van der Waals surface area contributed by atoms with Gasteiger partial charge in [0, 0.05) is 24.0 Å². The number of nitrogens with zero attached hydrogens (tertiary/aromatic N) is 5. The van der Waals surface area contributed by atoms with Crippen LogP contribution in [-0.4, -0.2) is 24.1 Å². The third-order valence-corrected chi connectivity index (χ3v) is 5.53. The highest BCUT2D eigenvalue weighted by atomic mass is 16.1. The third-order valence-electron chi connectivity index (χ3n) is 5.53. The van der Waals surface area contributed by atoms with Gasteiger partial charge in [-0.1, -0.05) is 37.0 Å². The second-order valence-corrected chi connectivity index (χ2v) is 7.40.